The van der Waals surface area contributed by atoms with Crippen LogP contribution in [0.4, 0.5) is 5.82 Å². The molecule has 9 nitrogen and oxygen atoms in total. The summed E-state index contributed by atoms with van der Waals surface area (Å²) in [6, 6.07) is 8.36. The number of fused-ring (bicyclic) bond motifs is 1. The van der Waals surface area contributed by atoms with Gasteiger partial charge >= 0.3 is 0 Å². The highest BCUT2D eigenvalue weighted by atomic mass is 32.2. The van der Waals surface area contributed by atoms with E-state index < -0.39 is 0 Å². The summed E-state index contributed by atoms with van der Waals surface area (Å²) < 4.78 is 3.51. The van der Waals surface area contributed by atoms with Crippen molar-refractivity contribution in [2.45, 2.75) is 6.42 Å². The van der Waals surface area contributed by atoms with Crippen molar-refractivity contribution in [1.29, 1.82) is 5.26 Å². The van der Waals surface area contributed by atoms with Crippen LogP contribution >= 0.6 is 11.8 Å². The molecule has 1 saturated heterocycles. The van der Waals surface area contributed by atoms with Crippen molar-refractivity contribution in [2.24, 2.45) is 7.05 Å². The largest absolute Gasteiger partial charge is 0.353 e. The molecular weight excluding hydrogens is 460 g/mol. The highest BCUT2D eigenvalue weighted by Gasteiger charge is 2.22. The Labute approximate surface area is 208 Å². The Morgan fingerprint density at radius 2 is 1.89 bits per heavy atom. The fourth-order valence-electron chi connectivity index (χ4n) is 4.42. The maximum absolute atomic E-state index is 12.3. The van der Waals surface area contributed by atoms with Gasteiger partial charge in [-0.05, 0) is 24.5 Å². The average molecular weight is 487 g/mol. The summed E-state index contributed by atoms with van der Waals surface area (Å²) in [4.78, 5) is 21.2. The SMILES string of the molecule is CSCCC(=O)N1CCN(c2ccc(-c3cc(-c4cnn(C)c4)cn4ncc(C#N)c34)cn2)CC1. The fourth-order valence-corrected chi connectivity index (χ4v) is 4.80. The lowest BCUT2D eigenvalue weighted by atomic mass is 10.0. The molecule has 4 aromatic heterocycles. The summed E-state index contributed by atoms with van der Waals surface area (Å²) in [5.41, 5.74) is 5.01. The Morgan fingerprint density at radius 1 is 1.06 bits per heavy atom. The molecule has 178 valence electrons. The molecule has 35 heavy (non-hydrogen) atoms. The maximum atomic E-state index is 12.3. The van der Waals surface area contributed by atoms with Crippen LogP contribution < -0.4 is 4.90 Å². The summed E-state index contributed by atoms with van der Waals surface area (Å²) >= 11 is 1.70. The van der Waals surface area contributed by atoms with Crippen molar-refractivity contribution >= 4 is 29.0 Å². The second-order valence-electron chi connectivity index (χ2n) is 8.52. The van der Waals surface area contributed by atoms with E-state index in [1.54, 1.807) is 27.2 Å². The number of aryl methyl sites for hydroxylation is 1. The highest BCUT2D eigenvalue weighted by Crippen LogP contribution is 2.32. The van der Waals surface area contributed by atoms with Gasteiger partial charge in [0, 0.05) is 86.2 Å². The van der Waals surface area contributed by atoms with Crippen LogP contribution in [0.25, 0.3) is 27.8 Å². The van der Waals surface area contributed by atoms with Gasteiger partial charge in [0.1, 0.15) is 11.9 Å². The number of piperazine rings is 1. The molecule has 0 unspecified atom stereocenters. The number of nitriles is 1. The first kappa shape index (κ1) is 22.9. The predicted molar refractivity (Wildman–Crippen MR) is 137 cm³/mol. The van der Waals surface area contributed by atoms with E-state index in [2.05, 4.69) is 27.2 Å². The quantitative estimate of drug-likeness (QED) is 0.413. The second-order valence-corrected chi connectivity index (χ2v) is 9.51. The first-order valence-corrected chi connectivity index (χ1v) is 12.9. The molecule has 5 rings (SSSR count). The lowest BCUT2D eigenvalue weighted by molar-refractivity contribution is -0.131. The summed E-state index contributed by atoms with van der Waals surface area (Å²) in [7, 11) is 1.88. The van der Waals surface area contributed by atoms with E-state index in [0.29, 0.717) is 25.1 Å². The minimum absolute atomic E-state index is 0.230. The van der Waals surface area contributed by atoms with Gasteiger partial charge in [-0.15, -0.1) is 0 Å². The molecule has 0 atom stereocenters. The van der Waals surface area contributed by atoms with Crippen LogP contribution in [0.3, 0.4) is 0 Å². The van der Waals surface area contributed by atoms with Crippen LogP contribution in [-0.2, 0) is 11.8 Å². The molecule has 1 aliphatic heterocycles. The van der Waals surface area contributed by atoms with E-state index in [1.165, 1.54) is 0 Å². The van der Waals surface area contributed by atoms with E-state index >= 15 is 0 Å². The Kier molecular flexibility index (Phi) is 6.42. The predicted octanol–water partition coefficient (Wildman–Crippen LogP) is 3.07. The van der Waals surface area contributed by atoms with Crippen LogP contribution in [0.1, 0.15) is 12.0 Å². The van der Waals surface area contributed by atoms with Gasteiger partial charge in [-0.2, -0.15) is 27.2 Å². The van der Waals surface area contributed by atoms with Gasteiger partial charge in [0.2, 0.25) is 5.91 Å². The normalized spacial score (nSPS) is 13.9. The standard InChI is InChI=1S/C25H26N8OS/c1-30-16-21(15-28-30)19-11-22(25-20(12-26)14-29-33(25)17-19)18-3-4-23(27-13-18)31-6-8-32(9-7-31)24(34)5-10-35-2/h3-4,11,13-17H,5-10H2,1-2H3. The fraction of sp³-hybridized carbons (Fsp3) is 0.320. The van der Waals surface area contributed by atoms with Crippen molar-refractivity contribution in [2.75, 3.05) is 43.1 Å². The topological polar surface area (TPSA) is 95.4 Å². The van der Waals surface area contributed by atoms with Crippen LogP contribution in [0.2, 0.25) is 0 Å². The number of amides is 1. The molecule has 0 aliphatic carbocycles. The van der Waals surface area contributed by atoms with Gasteiger partial charge in [0.25, 0.3) is 0 Å². The number of pyridine rings is 2. The smallest absolute Gasteiger partial charge is 0.223 e. The number of hydrogen-bond donors (Lipinski definition) is 0. The molecule has 0 N–H and O–H groups in total. The zero-order chi connectivity index (χ0) is 24.4. The first-order chi connectivity index (χ1) is 17.1. The Bertz CT molecular complexity index is 1390. The third kappa shape index (κ3) is 4.59. The summed E-state index contributed by atoms with van der Waals surface area (Å²) in [5.74, 6) is 1.98. The summed E-state index contributed by atoms with van der Waals surface area (Å²) in [6.45, 7) is 2.95. The number of hydrogen-bond acceptors (Lipinski definition) is 7. The number of anilines is 1. The molecular formula is C25H26N8OS. The van der Waals surface area contributed by atoms with E-state index in [-0.39, 0.29) is 5.91 Å². The van der Waals surface area contributed by atoms with E-state index in [4.69, 9.17) is 4.98 Å². The average Bonchev–Trinajstić information content (AvgIpc) is 3.53. The molecule has 5 heterocycles. The monoisotopic (exact) mass is 486 g/mol. The summed E-state index contributed by atoms with van der Waals surface area (Å²) in [6.07, 6.45) is 11.7. The lowest BCUT2D eigenvalue weighted by Gasteiger charge is -2.35. The Balaban J connectivity index is 1.41. The van der Waals surface area contributed by atoms with Crippen LogP contribution in [0.5, 0.6) is 0 Å². The Hall–Kier alpha value is -3.84. The van der Waals surface area contributed by atoms with Crippen LogP contribution in [0.15, 0.2) is 49.2 Å². The number of carbonyl (C=O) groups is 1. The number of aromatic nitrogens is 5. The van der Waals surface area contributed by atoms with Gasteiger partial charge in [0.05, 0.1) is 23.5 Å². The van der Waals surface area contributed by atoms with E-state index in [1.807, 2.05) is 55.1 Å². The van der Waals surface area contributed by atoms with Gasteiger partial charge in [-0.3, -0.25) is 9.48 Å². The second kappa shape index (κ2) is 9.80. The van der Waals surface area contributed by atoms with Crippen LogP contribution in [0, 0.1) is 11.3 Å². The van der Waals surface area contributed by atoms with Crippen LogP contribution in [-0.4, -0.2) is 73.4 Å². The molecule has 0 spiro atoms. The van der Waals surface area contributed by atoms with Crippen molar-refractivity contribution in [3.63, 3.8) is 0 Å². The molecule has 1 aliphatic rings. The summed E-state index contributed by atoms with van der Waals surface area (Å²) in [5, 5.41) is 18.3. The molecule has 1 fully saturated rings. The molecule has 1 amide bonds. The number of rotatable bonds is 6. The minimum atomic E-state index is 0.230. The number of carbonyl (C=O) groups excluding carboxylic acids is 1. The van der Waals surface area contributed by atoms with Crippen molar-refractivity contribution in [3.05, 3.63) is 54.7 Å². The molecule has 10 heteroatoms. The van der Waals surface area contributed by atoms with Gasteiger partial charge in [0.15, 0.2) is 0 Å². The highest BCUT2D eigenvalue weighted by molar-refractivity contribution is 7.98. The molecule has 0 bridgehead atoms. The minimum Gasteiger partial charge on any atom is -0.353 e. The van der Waals surface area contributed by atoms with Gasteiger partial charge in [-0.25, -0.2) is 9.50 Å². The lowest BCUT2D eigenvalue weighted by Crippen LogP contribution is -2.49. The van der Waals surface area contributed by atoms with Crippen molar-refractivity contribution in [3.8, 4) is 28.3 Å². The number of thioether (sulfide) groups is 1. The van der Waals surface area contributed by atoms with Gasteiger partial charge in [-0.1, -0.05) is 0 Å². The van der Waals surface area contributed by atoms with E-state index in [0.717, 1.165) is 52.4 Å². The first-order valence-electron chi connectivity index (χ1n) is 11.5. The zero-order valence-electron chi connectivity index (χ0n) is 19.8. The number of nitrogens with zero attached hydrogens (tertiary/aromatic N) is 8. The molecule has 0 aromatic carbocycles. The Morgan fingerprint density at radius 3 is 2.54 bits per heavy atom. The van der Waals surface area contributed by atoms with Crippen molar-refractivity contribution in [1.82, 2.24) is 29.3 Å². The molecule has 4 aromatic rings. The maximum Gasteiger partial charge on any atom is 0.223 e. The zero-order valence-corrected chi connectivity index (χ0v) is 20.6. The third-order valence-electron chi connectivity index (χ3n) is 6.31. The van der Waals surface area contributed by atoms with Crippen molar-refractivity contribution < 1.29 is 4.79 Å². The van der Waals surface area contributed by atoms with E-state index in [9.17, 15) is 10.1 Å². The molecule has 0 radical (unpaired) electrons. The molecule has 0 saturated carbocycles. The third-order valence-corrected chi connectivity index (χ3v) is 6.92. The van der Waals surface area contributed by atoms with Gasteiger partial charge < -0.3 is 9.80 Å².